The van der Waals surface area contributed by atoms with Gasteiger partial charge in [0.2, 0.25) is 0 Å². The molecule has 5 nitrogen and oxygen atoms in total. The summed E-state index contributed by atoms with van der Waals surface area (Å²) >= 11 is 0. The molecular weight excluding hydrogens is 254 g/mol. The van der Waals surface area contributed by atoms with Crippen molar-refractivity contribution in [1.29, 1.82) is 0 Å². The summed E-state index contributed by atoms with van der Waals surface area (Å²) in [7, 11) is 3.91. The molecule has 5 heteroatoms. The highest BCUT2D eigenvalue weighted by molar-refractivity contribution is 6.04. The van der Waals surface area contributed by atoms with Crippen LogP contribution < -0.4 is 15.6 Å². The van der Waals surface area contributed by atoms with Crippen molar-refractivity contribution in [1.82, 2.24) is 4.98 Å². The second-order valence-electron chi connectivity index (χ2n) is 4.77. The summed E-state index contributed by atoms with van der Waals surface area (Å²) in [6.07, 6.45) is 2.90. The molecule has 1 aromatic carbocycles. The Labute approximate surface area is 117 Å². The molecule has 0 saturated carbocycles. The molecule has 0 aliphatic heterocycles. The largest absolute Gasteiger partial charge is 0.378 e. The van der Waals surface area contributed by atoms with Crippen LogP contribution >= 0.6 is 0 Å². The summed E-state index contributed by atoms with van der Waals surface area (Å²) in [4.78, 5) is 28.4. The van der Waals surface area contributed by atoms with Gasteiger partial charge in [-0.1, -0.05) is 0 Å². The van der Waals surface area contributed by atoms with E-state index in [-0.39, 0.29) is 11.0 Å². The zero-order chi connectivity index (χ0) is 14.7. The molecule has 20 heavy (non-hydrogen) atoms. The van der Waals surface area contributed by atoms with E-state index < -0.39 is 5.91 Å². The SMILES string of the molecule is Cc1cc(N(C)C)ccc1NC(=O)c1c[nH]ccc1=O. The Hall–Kier alpha value is -2.56. The lowest BCUT2D eigenvalue weighted by molar-refractivity contribution is 0.102. The summed E-state index contributed by atoms with van der Waals surface area (Å²) in [5.74, 6) is -0.410. The van der Waals surface area contributed by atoms with Gasteiger partial charge in [-0.2, -0.15) is 0 Å². The van der Waals surface area contributed by atoms with E-state index in [1.54, 1.807) is 0 Å². The third-order valence-corrected chi connectivity index (χ3v) is 3.04. The minimum atomic E-state index is -0.410. The lowest BCUT2D eigenvalue weighted by Gasteiger charge is -2.15. The fraction of sp³-hybridized carbons (Fsp3) is 0.200. The number of aromatic nitrogens is 1. The average Bonchev–Trinajstić information content (AvgIpc) is 2.41. The average molecular weight is 271 g/mol. The second kappa shape index (κ2) is 5.61. The van der Waals surface area contributed by atoms with Gasteiger partial charge in [-0.25, -0.2) is 0 Å². The molecule has 2 rings (SSSR count). The van der Waals surface area contributed by atoms with Gasteiger partial charge in [-0.15, -0.1) is 0 Å². The van der Waals surface area contributed by atoms with Crippen LogP contribution in [0, 0.1) is 6.92 Å². The molecule has 0 unspecified atom stereocenters. The molecule has 1 aromatic heterocycles. The van der Waals surface area contributed by atoms with E-state index in [4.69, 9.17) is 0 Å². The van der Waals surface area contributed by atoms with Crippen molar-refractivity contribution in [2.45, 2.75) is 6.92 Å². The highest BCUT2D eigenvalue weighted by Crippen LogP contribution is 2.21. The summed E-state index contributed by atoms with van der Waals surface area (Å²) in [6.45, 7) is 1.91. The molecule has 2 aromatic rings. The zero-order valence-corrected chi connectivity index (χ0v) is 11.7. The van der Waals surface area contributed by atoms with Crippen molar-refractivity contribution < 1.29 is 4.79 Å². The molecule has 0 aliphatic carbocycles. The molecule has 0 atom stereocenters. The number of carbonyl (C=O) groups is 1. The van der Waals surface area contributed by atoms with E-state index in [0.29, 0.717) is 5.69 Å². The summed E-state index contributed by atoms with van der Waals surface area (Å²) in [5.41, 5.74) is 2.49. The van der Waals surface area contributed by atoms with E-state index in [9.17, 15) is 9.59 Å². The van der Waals surface area contributed by atoms with Crippen LogP contribution in [-0.4, -0.2) is 25.0 Å². The van der Waals surface area contributed by atoms with Crippen LogP contribution in [-0.2, 0) is 0 Å². The number of aromatic amines is 1. The number of amides is 1. The Bertz CT molecular complexity index is 690. The van der Waals surface area contributed by atoms with Crippen molar-refractivity contribution in [2.75, 3.05) is 24.3 Å². The van der Waals surface area contributed by atoms with E-state index in [2.05, 4.69) is 10.3 Å². The van der Waals surface area contributed by atoms with Crippen LogP contribution in [0.4, 0.5) is 11.4 Å². The van der Waals surface area contributed by atoms with Crippen molar-refractivity contribution in [3.8, 4) is 0 Å². The molecule has 2 N–H and O–H groups in total. The molecule has 0 bridgehead atoms. The first-order valence-electron chi connectivity index (χ1n) is 6.25. The van der Waals surface area contributed by atoms with E-state index in [0.717, 1.165) is 11.3 Å². The van der Waals surface area contributed by atoms with Crippen molar-refractivity contribution in [2.24, 2.45) is 0 Å². The number of H-pyrrole nitrogens is 1. The van der Waals surface area contributed by atoms with Crippen LogP contribution in [0.2, 0.25) is 0 Å². The molecule has 0 aliphatic rings. The van der Waals surface area contributed by atoms with Crippen LogP contribution in [0.25, 0.3) is 0 Å². The monoisotopic (exact) mass is 271 g/mol. The Kier molecular flexibility index (Phi) is 3.89. The highest BCUT2D eigenvalue weighted by atomic mass is 16.2. The van der Waals surface area contributed by atoms with Gasteiger partial charge < -0.3 is 15.2 Å². The molecule has 0 spiro atoms. The quantitative estimate of drug-likeness (QED) is 0.897. The molecule has 104 valence electrons. The van der Waals surface area contributed by atoms with Gasteiger partial charge in [0.1, 0.15) is 5.56 Å². The summed E-state index contributed by atoms with van der Waals surface area (Å²) in [5, 5.41) is 2.76. The number of carbonyl (C=O) groups excluding carboxylic acids is 1. The van der Waals surface area contributed by atoms with E-state index >= 15 is 0 Å². The maximum Gasteiger partial charge on any atom is 0.261 e. The fourth-order valence-electron chi connectivity index (χ4n) is 1.85. The molecule has 0 saturated heterocycles. The first kappa shape index (κ1) is 13.9. The van der Waals surface area contributed by atoms with E-state index in [1.165, 1.54) is 18.5 Å². The Morgan fingerprint density at radius 2 is 2.00 bits per heavy atom. The van der Waals surface area contributed by atoms with Gasteiger partial charge >= 0.3 is 0 Å². The Morgan fingerprint density at radius 1 is 1.25 bits per heavy atom. The van der Waals surface area contributed by atoms with Gasteiger partial charge in [0.05, 0.1) is 0 Å². The van der Waals surface area contributed by atoms with Crippen molar-refractivity contribution >= 4 is 17.3 Å². The molecule has 1 heterocycles. The number of aryl methyl sites for hydroxylation is 1. The Balaban J connectivity index is 2.25. The van der Waals surface area contributed by atoms with Crippen molar-refractivity contribution in [3.63, 3.8) is 0 Å². The van der Waals surface area contributed by atoms with Gasteiger partial charge in [0.15, 0.2) is 5.43 Å². The minimum absolute atomic E-state index is 0.101. The first-order valence-corrected chi connectivity index (χ1v) is 6.25. The van der Waals surface area contributed by atoms with Crippen LogP contribution in [0.1, 0.15) is 15.9 Å². The number of nitrogens with zero attached hydrogens (tertiary/aromatic N) is 1. The smallest absolute Gasteiger partial charge is 0.261 e. The van der Waals surface area contributed by atoms with Crippen LogP contribution in [0.5, 0.6) is 0 Å². The maximum absolute atomic E-state index is 12.1. The van der Waals surface area contributed by atoms with Gasteiger partial charge in [0.25, 0.3) is 5.91 Å². The second-order valence-corrected chi connectivity index (χ2v) is 4.77. The highest BCUT2D eigenvalue weighted by Gasteiger charge is 2.11. The van der Waals surface area contributed by atoms with Crippen LogP contribution in [0.15, 0.2) is 41.5 Å². The number of hydrogen-bond acceptors (Lipinski definition) is 3. The first-order chi connectivity index (χ1) is 9.49. The lowest BCUT2D eigenvalue weighted by Crippen LogP contribution is -2.21. The predicted octanol–water partition coefficient (Wildman–Crippen LogP) is 2.00. The number of anilines is 2. The third-order valence-electron chi connectivity index (χ3n) is 3.04. The molecular formula is C15H17N3O2. The third kappa shape index (κ3) is 2.88. The normalized spacial score (nSPS) is 10.2. The summed E-state index contributed by atoms with van der Waals surface area (Å²) < 4.78 is 0. The molecule has 0 fully saturated rings. The number of pyridine rings is 1. The van der Waals surface area contributed by atoms with Gasteiger partial charge in [-0.3, -0.25) is 9.59 Å². The molecule has 0 radical (unpaired) electrons. The number of rotatable bonds is 3. The predicted molar refractivity (Wildman–Crippen MR) is 80.5 cm³/mol. The fourth-order valence-corrected chi connectivity index (χ4v) is 1.85. The molecule has 1 amide bonds. The number of benzene rings is 1. The zero-order valence-electron chi connectivity index (χ0n) is 11.7. The topological polar surface area (TPSA) is 65.2 Å². The Morgan fingerprint density at radius 3 is 2.60 bits per heavy atom. The van der Waals surface area contributed by atoms with Gasteiger partial charge in [-0.05, 0) is 30.7 Å². The maximum atomic E-state index is 12.1. The number of hydrogen-bond donors (Lipinski definition) is 2. The summed E-state index contributed by atoms with van der Waals surface area (Å²) in [6, 6.07) is 7.05. The standard InChI is InChI=1S/C15H17N3O2/c1-10-8-11(18(2)3)4-5-13(10)17-15(20)12-9-16-7-6-14(12)19/h4-9H,1-3H3,(H,16,19)(H,17,20). The van der Waals surface area contributed by atoms with Crippen LogP contribution in [0.3, 0.4) is 0 Å². The van der Waals surface area contributed by atoms with E-state index in [1.807, 2.05) is 44.1 Å². The van der Waals surface area contributed by atoms with Gasteiger partial charge in [0, 0.05) is 43.9 Å². The number of nitrogens with one attached hydrogen (secondary N) is 2. The van der Waals surface area contributed by atoms with Crippen molar-refractivity contribution in [3.05, 3.63) is 58.0 Å². The lowest BCUT2D eigenvalue weighted by atomic mass is 10.1. The minimum Gasteiger partial charge on any atom is -0.378 e.